The lowest BCUT2D eigenvalue weighted by Crippen LogP contribution is -2.46. The highest BCUT2D eigenvalue weighted by Crippen LogP contribution is 2.37. The number of urea groups is 1. The van der Waals surface area contributed by atoms with Crippen LogP contribution in [0.15, 0.2) is 59.8 Å². The zero-order valence-electron chi connectivity index (χ0n) is 16.5. The Morgan fingerprint density at radius 3 is 2.73 bits per heavy atom. The summed E-state index contributed by atoms with van der Waals surface area (Å²) in [5.74, 6) is 2.00. The Morgan fingerprint density at radius 2 is 1.93 bits per heavy atom. The van der Waals surface area contributed by atoms with Crippen LogP contribution in [0.5, 0.6) is 11.5 Å². The molecule has 0 spiro atoms. The molecule has 0 fully saturated rings. The molecule has 0 bridgehead atoms. The number of hydrogen-bond acceptors (Lipinski definition) is 6. The molecular formula is C22H22N2O5S. The predicted molar refractivity (Wildman–Crippen MR) is 113 cm³/mol. The molecule has 2 N–H and O–H groups in total. The van der Waals surface area contributed by atoms with Crippen LogP contribution in [-0.2, 0) is 15.3 Å². The van der Waals surface area contributed by atoms with Gasteiger partial charge in [0, 0.05) is 17.2 Å². The summed E-state index contributed by atoms with van der Waals surface area (Å²) in [4.78, 5) is 25.2. The molecular weight excluding hydrogens is 404 g/mol. The molecule has 7 nitrogen and oxygen atoms in total. The van der Waals surface area contributed by atoms with Crippen LogP contribution in [0.4, 0.5) is 4.79 Å². The van der Waals surface area contributed by atoms with Gasteiger partial charge in [-0.05, 0) is 30.2 Å². The fourth-order valence-corrected chi connectivity index (χ4v) is 4.33. The molecule has 0 aromatic heterocycles. The summed E-state index contributed by atoms with van der Waals surface area (Å²) in [6.07, 6.45) is 0. The summed E-state index contributed by atoms with van der Waals surface area (Å²) in [6.45, 7) is 2.15. The second-order valence-corrected chi connectivity index (χ2v) is 7.72. The van der Waals surface area contributed by atoms with E-state index in [1.165, 1.54) is 5.56 Å². The molecule has 0 unspecified atom stereocenters. The van der Waals surface area contributed by atoms with Gasteiger partial charge in [0.25, 0.3) is 0 Å². The summed E-state index contributed by atoms with van der Waals surface area (Å²) >= 11 is 1.62. The molecule has 156 valence electrons. The number of carbonyl (C=O) groups is 2. The highest BCUT2D eigenvalue weighted by atomic mass is 32.2. The van der Waals surface area contributed by atoms with Crippen molar-refractivity contribution in [1.29, 1.82) is 0 Å². The fraction of sp³-hybridized carbons (Fsp3) is 0.273. The lowest BCUT2D eigenvalue weighted by molar-refractivity contribution is -0.139. The number of nitrogens with one attached hydrogen (secondary N) is 2. The van der Waals surface area contributed by atoms with Gasteiger partial charge in [0.2, 0.25) is 6.79 Å². The van der Waals surface area contributed by atoms with Gasteiger partial charge in [-0.1, -0.05) is 36.4 Å². The van der Waals surface area contributed by atoms with Crippen molar-refractivity contribution in [2.75, 3.05) is 19.2 Å². The van der Waals surface area contributed by atoms with Gasteiger partial charge in [-0.2, -0.15) is 11.8 Å². The number of carbonyl (C=O) groups excluding carboxylic acids is 2. The third kappa shape index (κ3) is 4.38. The molecule has 0 aliphatic carbocycles. The molecule has 0 saturated heterocycles. The van der Waals surface area contributed by atoms with E-state index in [9.17, 15) is 9.59 Å². The van der Waals surface area contributed by atoms with Crippen molar-refractivity contribution in [3.8, 4) is 11.5 Å². The molecule has 1 atom stereocenters. The first-order chi connectivity index (χ1) is 14.7. The van der Waals surface area contributed by atoms with Gasteiger partial charge in [0.05, 0.1) is 18.2 Å². The number of fused-ring (bicyclic) bond motifs is 1. The molecule has 2 aliphatic rings. The van der Waals surface area contributed by atoms with Gasteiger partial charge >= 0.3 is 12.0 Å². The van der Waals surface area contributed by atoms with Crippen molar-refractivity contribution in [3.05, 3.63) is 70.9 Å². The second kappa shape index (κ2) is 9.13. The van der Waals surface area contributed by atoms with E-state index in [1.807, 2.05) is 36.4 Å². The molecule has 0 saturated carbocycles. The third-order valence-corrected chi connectivity index (χ3v) is 5.77. The Kier molecular flexibility index (Phi) is 6.13. The van der Waals surface area contributed by atoms with Crippen molar-refractivity contribution < 1.29 is 23.8 Å². The van der Waals surface area contributed by atoms with Crippen LogP contribution in [0.25, 0.3) is 0 Å². The standard InChI is InChI=1S/C22H22N2O5S/c1-2-27-21(25)19-16(12-30-11-14-6-4-3-5-7-14)23-22(26)24-20(19)15-8-9-17-18(10-15)29-13-28-17/h3-10,20H,2,11-13H2,1H3,(H2,23,24,26)/t20-/m0/s1. The zero-order chi connectivity index (χ0) is 20.9. The van der Waals surface area contributed by atoms with Crippen LogP contribution in [0, 0.1) is 0 Å². The minimum absolute atomic E-state index is 0.152. The third-order valence-electron chi connectivity index (χ3n) is 4.74. The molecule has 2 aromatic rings. The smallest absolute Gasteiger partial charge is 0.338 e. The number of benzene rings is 2. The van der Waals surface area contributed by atoms with Crippen LogP contribution >= 0.6 is 11.8 Å². The number of amides is 2. The Bertz CT molecular complexity index is 977. The zero-order valence-corrected chi connectivity index (χ0v) is 17.3. The van der Waals surface area contributed by atoms with E-state index in [0.29, 0.717) is 28.5 Å². The number of thioether (sulfide) groups is 1. The first-order valence-electron chi connectivity index (χ1n) is 9.64. The minimum Gasteiger partial charge on any atom is -0.463 e. The summed E-state index contributed by atoms with van der Waals surface area (Å²) in [6, 6.07) is 14.4. The SMILES string of the molecule is CCOC(=O)C1=C(CSCc2ccccc2)NC(=O)N[C@H]1c1ccc2c(c1)OCO2. The number of hydrogen-bond donors (Lipinski definition) is 2. The van der Waals surface area contributed by atoms with Crippen LogP contribution in [-0.4, -0.2) is 31.2 Å². The van der Waals surface area contributed by atoms with Gasteiger partial charge in [-0.15, -0.1) is 0 Å². The van der Waals surface area contributed by atoms with Crippen molar-refractivity contribution in [2.45, 2.75) is 18.7 Å². The minimum atomic E-state index is -0.639. The van der Waals surface area contributed by atoms with E-state index in [1.54, 1.807) is 30.8 Å². The van der Waals surface area contributed by atoms with Crippen LogP contribution in [0.1, 0.15) is 24.1 Å². The summed E-state index contributed by atoms with van der Waals surface area (Å²) in [5, 5.41) is 5.63. The van der Waals surface area contributed by atoms with Crippen LogP contribution in [0.2, 0.25) is 0 Å². The largest absolute Gasteiger partial charge is 0.463 e. The Hall–Kier alpha value is -3.13. The topological polar surface area (TPSA) is 85.9 Å². The van der Waals surface area contributed by atoms with E-state index < -0.39 is 12.0 Å². The maximum atomic E-state index is 12.8. The number of ether oxygens (including phenoxy) is 3. The molecule has 30 heavy (non-hydrogen) atoms. The van der Waals surface area contributed by atoms with Gasteiger partial charge in [0.1, 0.15) is 0 Å². The molecule has 2 heterocycles. The van der Waals surface area contributed by atoms with Gasteiger partial charge in [0.15, 0.2) is 11.5 Å². The van der Waals surface area contributed by atoms with Crippen molar-refractivity contribution in [3.63, 3.8) is 0 Å². The quantitative estimate of drug-likeness (QED) is 0.659. The lowest BCUT2D eigenvalue weighted by Gasteiger charge is -2.29. The van der Waals surface area contributed by atoms with Crippen LogP contribution < -0.4 is 20.1 Å². The van der Waals surface area contributed by atoms with E-state index in [-0.39, 0.29) is 19.4 Å². The van der Waals surface area contributed by atoms with Crippen molar-refractivity contribution in [1.82, 2.24) is 10.6 Å². The van der Waals surface area contributed by atoms with Gasteiger partial charge in [-0.25, -0.2) is 9.59 Å². The molecule has 8 heteroatoms. The van der Waals surface area contributed by atoms with E-state index in [0.717, 1.165) is 11.3 Å². The average molecular weight is 426 g/mol. The predicted octanol–water partition coefficient (Wildman–Crippen LogP) is 3.52. The van der Waals surface area contributed by atoms with E-state index in [2.05, 4.69) is 10.6 Å². The number of rotatable bonds is 7. The van der Waals surface area contributed by atoms with Gasteiger partial charge < -0.3 is 24.8 Å². The number of esters is 1. The maximum absolute atomic E-state index is 12.8. The van der Waals surface area contributed by atoms with E-state index >= 15 is 0 Å². The summed E-state index contributed by atoms with van der Waals surface area (Å²) in [5.41, 5.74) is 2.85. The summed E-state index contributed by atoms with van der Waals surface area (Å²) < 4.78 is 16.1. The highest BCUT2D eigenvalue weighted by molar-refractivity contribution is 7.98. The monoisotopic (exact) mass is 426 g/mol. The lowest BCUT2D eigenvalue weighted by atomic mass is 9.95. The second-order valence-electron chi connectivity index (χ2n) is 6.74. The summed E-state index contributed by atoms with van der Waals surface area (Å²) in [7, 11) is 0. The molecule has 2 amide bonds. The average Bonchev–Trinajstić information content (AvgIpc) is 3.22. The normalized spacial score (nSPS) is 17.4. The van der Waals surface area contributed by atoms with Gasteiger partial charge in [-0.3, -0.25) is 0 Å². The highest BCUT2D eigenvalue weighted by Gasteiger charge is 2.34. The van der Waals surface area contributed by atoms with Crippen molar-refractivity contribution >= 4 is 23.8 Å². The fourth-order valence-electron chi connectivity index (χ4n) is 3.37. The molecule has 2 aliphatic heterocycles. The maximum Gasteiger partial charge on any atom is 0.338 e. The molecule has 0 radical (unpaired) electrons. The van der Waals surface area contributed by atoms with Crippen molar-refractivity contribution in [2.24, 2.45) is 0 Å². The van der Waals surface area contributed by atoms with E-state index in [4.69, 9.17) is 14.2 Å². The molecule has 2 aromatic carbocycles. The Balaban J connectivity index is 1.62. The molecule has 4 rings (SSSR count). The Labute approximate surface area is 178 Å². The first kappa shape index (κ1) is 20.2. The van der Waals surface area contributed by atoms with Crippen LogP contribution in [0.3, 0.4) is 0 Å². The first-order valence-corrected chi connectivity index (χ1v) is 10.8. The Morgan fingerprint density at radius 1 is 1.13 bits per heavy atom.